The molecule has 2 heterocycles. The molecule has 0 N–H and O–H groups in total. The molecule has 2 saturated heterocycles. The van der Waals surface area contributed by atoms with Crippen LogP contribution >= 0.6 is 17.2 Å². The topological polar surface area (TPSA) is 55.4 Å². The van der Waals surface area contributed by atoms with Crippen LogP contribution in [0, 0.1) is 5.41 Å². The van der Waals surface area contributed by atoms with Crippen molar-refractivity contribution in [1.82, 2.24) is 0 Å². The fourth-order valence-corrected chi connectivity index (χ4v) is 11.0. The largest absolute Gasteiger partial charge is 0.426 e. The number of hydrogen-bond donors (Lipinski definition) is 0. The van der Waals surface area contributed by atoms with Gasteiger partial charge in [-0.2, -0.15) is 0 Å². The van der Waals surface area contributed by atoms with Gasteiger partial charge in [-0.25, -0.2) is 0 Å². The lowest BCUT2D eigenvalue weighted by Gasteiger charge is -2.41. The Bertz CT molecular complexity index is 2350. The zero-order valence-corrected chi connectivity index (χ0v) is 38.3. The number of benzene rings is 6. The summed E-state index contributed by atoms with van der Waals surface area (Å²) >= 11 is 0. The first kappa shape index (κ1) is 43.3. The van der Waals surface area contributed by atoms with Gasteiger partial charge in [0, 0.05) is 33.3 Å². The SMILES string of the molecule is CCC(c1ccccc1)c1cc(C(C)(C)c2ccccc2)ccc1OP1OCC2(CO1)COP(Oc1ccc(C(C)(C)c3ccccc3)cc1C(C)(C)c1ccccc1)OC2. The standard InChI is InChI=1S/C53H58O6P2/c1-8-45(39-21-13-9-14-22-39)46-33-43(50(2,3)40-23-15-10-16-24-40)29-31-48(46)58-60-54-35-53(36-55-60)37-56-61(57-38-53)59-49-32-30-44(51(4,5)41-25-17-11-18-26-41)34-47(49)52(6,7)42-27-19-12-20-28-42/h9-34,45H,8,35-38H2,1-7H3. The molecule has 6 aromatic rings. The third-order valence-corrected chi connectivity index (χ3v) is 14.9. The first-order chi connectivity index (χ1) is 29.4. The molecule has 8 heteroatoms. The molecular weight excluding hydrogens is 795 g/mol. The van der Waals surface area contributed by atoms with Crippen LogP contribution in [0.3, 0.4) is 0 Å². The monoisotopic (exact) mass is 852 g/mol. The summed E-state index contributed by atoms with van der Waals surface area (Å²) in [5.41, 5.74) is 8.37. The van der Waals surface area contributed by atoms with Crippen LogP contribution in [0.2, 0.25) is 0 Å². The molecule has 1 unspecified atom stereocenters. The minimum absolute atomic E-state index is 0.138. The molecule has 6 nitrogen and oxygen atoms in total. The molecule has 61 heavy (non-hydrogen) atoms. The van der Waals surface area contributed by atoms with E-state index < -0.39 is 22.6 Å². The van der Waals surface area contributed by atoms with Gasteiger partial charge in [-0.1, -0.05) is 194 Å². The van der Waals surface area contributed by atoms with E-state index in [1.807, 2.05) is 0 Å². The Morgan fingerprint density at radius 3 is 1.33 bits per heavy atom. The lowest BCUT2D eigenvalue weighted by molar-refractivity contribution is -0.0673. The second-order valence-electron chi connectivity index (χ2n) is 18.0. The van der Waals surface area contributed by atoms with Gasteiger partial charge >= 0.3 is 17.2 Å². The fraction of sp³-hybridized carbons (Fsp3) is 0.321. The predicted molar refractivity (Wildman–Crippen MR) is 249 cm³/mol. The lowest BCUT2D eigenvalue weighted by Crippen LogP contribution is -2.45. The van der Waals surface area contributed by atoms with Crippen LogP contribution in [0.4, 0.5) is 0 Å². The van der Waals surface area contributed by atoms with Gasteiger partial charge in [0.05, 0.1) is 31.8 Å². The quantitative estimate of drug-likeness (QED) is 0.108. The maximum absolute atomic E-state index is 6.66. The van der Waals surface area contributed by atoms with Crippen molar-refractivity contribution in [3.8, 4) is 11.5 Å². The lowest BCUT2D eigenvalue weighted by atomic mass is 9.73. The zero-order valence-electron chi connectivity index (χ0n) is 36.5. The van der Waals surface area contributed by atoms with E-state index in [9.17, 15) is 0 Å². The molecule has 316 valence electrons. The molecule has 2 fully saturated rings. The van der Waals surface area contributed by atoms with Crippen LogP contribution in [0.25, 0.3) is 0 Å². The molecule has 0 aromatic heterocycles. The summed E-state index contributed by atoms with van der Waals surface area (Å²) in [6.45, 7) is 17.4. The summed E-state index contributed by atoms with van der Waals surface area (Å²) in [6.07, 6.45) is 0.916. The molecular formula is C53H58O6P2. The predicted octanol–water partition coefficient (Wildman–Crippen LogP) is 14.2. The smallest absolute Gasteiger partial charge is 0.397 e. The summed E-state index contributed by atoms with van der Waals surface area (Å²) in [5.74, 6) is 1.68. The molecule has 1 spiro atoms. The zero-order chi connectivity index (χ0) is 42.7. The van der Waals surface area contributed by atoms with E-state index in [0.29, 0.717) is 26.4 Å². The van der Waals surface area contributed by atoms with E-state index in [4.69, 9.17) is 27.1 Å². The van der Waals surface area contributed by atoms with Gasteiger partial charge in [-0.05, 0) is 51.9 Å². The minimum atomic E-state index is -1.67. The first-order valence-corrected chi connectivity index (χ1v) is 23.6. The van der Waals surface area contributed by atoms with Crippen molar-refractivity contribution in [2.24, 2.45) is 5.41 Å². The molecule has 0 saturated carbocycles. The molecule has 8 rings (SSSR count). The normalized spacial score (nSPS) is 20.2. The summed E-state index contributed by atoms with van der Waals surface area (Å²) in [7, 11) is -3.32. The Morgan fingerprint density at radius 1 is 0.475 bits per heavy atom. The van der Waals surface area contributed by atoms with Gasteiger partial charge in [0.25, 0.3) is 0 Å². The van der Waals surface area contributed by atoms with Gasteiger partial charge in [-0.3, -0.25) is 0 Å². The molecule has 2 aliphatic rings. The van der Waals surface area contributed by atoms with E-state index in [-0.39, 0.29) is 22.2 Å². The Morgan fingerprint density at radius 2 is 0.869 bits per heavy atom. The van der Waals surface area contributed by atoms with E-state index in [0.717, 1.165) is 29.0 Å². The minimum Gasteiger partial charge on any atom is -0.426 e. The number of rotatable bonds is 13. The van der Waals surface area contributed by atoms with Gasteiger partial charge in [0.2, 0.25) is 0 Å². The maximum Gasteiger partial charge on any atom is 0.397 e. The van der Waals surface area contributed by atoms with Crippen molar-refractivity contribution >= 4 is 17.2 Å². The highest BCUT2D eigenvalue weighted by Crippen LogP contribution is 2.55. The first-order valence-electron chi connectivity index (χ1n) is 21.4. The van der Waals surface area contributed by atoms with Crippen molar-refractivity contribution in [2.75, 3.05) is 26.4 Å². The third-order valence-electron chi connectivity index (χ3n) is 12.8. The molecule has 0 amide bonds. The van der Waals surface area contributed by atoms with Crippen LogP contribution < -0.4 is 9.05 Å². The molecule has 1 atom stereocenters. The maximum atomic E-state index is 6.66. The van der Waals surface area contributed by atoms with Crippen LogP contribution in [0.1, 0.15) is 105 Å². The van der Waals surface area contributed by atoms with Gasteiger partial charge in [0.15, 0.2) is 0 Å². The van der Waals surface area contributed by atoms with E-state index in [1.54, 1.807) is 0 Å². The van der Waals surface area contributed by atoms with Crippen LogP contribution in [-0.2, 0) is 34.3 Å². The van der Waals surface area contributed by atoms with Gasteiger partial charge in [0.1, 0.15) is 11.5 Å². The summed E-state index contributed by atoms with van der Waals surface area (Å²) in [4.78, 5) is 0. The van der Waals surface area contributed by atoms with Crippen molar-refractivity contribution < 1.29 is 27.1 Å². The van der Waals surface area contributed by atoms with E-state index in [2.05, 4.69) is 206 Å². The second-order valence-corrected chi connectivity index (χ2v) is 20.3. The summed E-state index contributed by atoms with van der Waals surface area (Å²) < 4.78 is 38.9. The number of hydrogen-bond acceptors (Lipinski definition) is 6. The van der Waals surface area contributed by atoms with Crippen molar-refractivity contribution in [3.05, 3.63) is 202 Å². The summed E-state index contributed by atoms with van der Waals surface area (Å²) in [5, 5.41) is 0. The average Bonchev–Trinajstić information content (AvgIpc) is 3.30. The summed E-state index contributed by atoms with van der Waals surface area (Å²) in [6, 6.07) is 55.7. The third kappa shape index (κ3) is 9.23. The van der Waals surface area contributed by atoms with Gasteiger partial charge < -0.3 is 27.1 Å². The highest BCUT2D eigenvalue weighted by molar-refractivity contribution is 7.42. The van der Waals surface area contributed by atoms with Crippen LogP contribution in [-0.4, -0.2) is 26.4 Å². The highest BCUT2D eigenvalue weighted by Gasteiger charge is 2.45. The molecule has 0 radical (unpaired) electrons. The molecule has 2 aliphatic heterocycles. The van der Waals surface area contributed by atoms with E-state index in [1.165, 1.54) is 33.4 Å². The molecule has 0 bridgehead atoms. The Kier molecular flexibility index (Phi) is 12.9. The highest BCUT2D eigenvalue weighted by atomic mass is 31.2. The molecule has 6 aromatic carbocycles. The molecule has 0 aliphatic carbocycles. The van der Waals surface area contributed by atoms with Crippen LogP contribution in [0.15, 0.2) is 158 Å². The van der Waals surface area contributed by atoms with E-state index >= 15 is 0 Å². The Hall–Kier alpha value is -4.38. The average molecular weight is 853 g/mol. The van der Waals surface area contributed by atoms with Crippen molar-refractivity contribution in [1.29, 1.82) is 0 Å². The Labute approximate surface area is 365 Å². The van der Waals surface area contributed by atoms with Crippen molar-refractivity contribution in [2.45, 2.75) is 77.0 Å². The Balaban J connectivity index is 0.968. The van der Waals surface area contributed by atoms with Crippen LogP contribution in [0.5, 0.6) is 11.5 Å². The van der Waals surface area contributed by atoms with Gasteiger partial charge in [-0.15, -0.1) is 0 Å². The second kappa shape index (κ2) is 18.1. The van der Waals surface area contributed by atoms with Crippen molar-refractivity contribution in [3.63, 3.8) is 0 Å². The fourth-order valence-electron chi connectivity index (χ4n) is 8.50.